The third-order valence-corrected chi connectivity index (χ3v) is 4.44. The van der Waals surface area contributed by atoms with E-state index in [1.165, 1.54) is 12.1 Å². The maximum absolute atomic E-state index is 12.8. The molecule has 9 heteroatoms. The van der Waals surface area contributed by atoms with Crippen LogP contribution in [0, 0.1) is 13.8 Å². The Morgan fingerprint density at radius 3 is 2.43 bits per heavy atom. The van der Waals surface area contributed by atoms with Gasteiger partial charge in [0.05, 0.1) is 42.3 Å². The van der Waals surface area contributed by atoms with Gasteiger partial charge in [0.1, 0.15) is 0 Å². The van der Waals surface area contributed by atoms with E-state index < -0.39 is 17.6 Å². The van der Waals surface area contributed by atoms with Crippen molar-refractivity contribution in [2.75, 3.05) is 36.5 Å². The second-order valence-electron chi connectivity index (χ2n) is 6.59. The van der Waals surface area contributed by atoms with Gasteiger partial charge in [-0.1, -0.05) is 18.2 Å². The monoisotopic (exact) mass is 394 g/mol. The van der Waals surface area contributed by atoms with Gasteiger partial charge >= 0.3 is 6.18 Å². The normalized spacial score (nSPS) is 14.8. The Bertz CT molecular complexity index is 841. The van der Waals surface area contributed by atoms with Crippen molar-refractivity contribution < 1.29 is 22.7 Å². The van der Waals surface area contributed by atoms with E-state index >= 15 is 0 Å². The summed E-state index contributed by atoms with van der Waals surface area (Å²) >= 11 is 0. The molecule has 0 aliphatic carbocycles. The zero-order valence-corrected chi connectivity index (χ0v) is 15.6. The second kappa shape index (κ2) is 8.14. The summed E-state index contributed by atoms with van der Waals surface area (Å²) in [7, 11) is 0. The number of aryl methyl sites for hydroxylation is 2. The summed E-state index contributed by atoms with van der Waals surface area (Å²) in [5.74, 6) is 0.155. The van der Waals surface area contributed by atoms with Crippen LogP contribution >= 0.6 is 0 Å². The standard InChI is InChI=1S/C19H21F3N4O2/c1-12-17(13(2)24-18(23-12)26-6-8-28-9-7-26)25-16(27)11-14-4-3-5-15(10-14)19(20,21)22/h3-5,10H,6-9,11H2,1-2H3,(H,25,27). The lowest BCUT2D eigenvalue weighted by molar-refractivity contribution is -0.137. The van der Waals surface area contributed by atoms with E-state index in [1.807, 2.05) is 4.90 Å². The van der Waals surface area contributed by atoms with Crippen molar-refractivity contribution in [2.24, 2.45) is 0 Å². The van der Waals surface area contributed by atoms with Crippen LogP contribution in [-0.4, -0.2) is 42.2 Å². The Hall–Kier alpha value is -2.68. The molecular weight excluding hydrogens is 373 g/mol. The fourth-order valence-electron chi connectivity index (χ4n) is 3.01. The van der Waals surface area contributed by atoms with Crippen LogP contribution < -0.4 is 10.2 Å². The lowest BCUT2D eigenvalue weighted by Gasteiger charge is -2.27. The van der Waals surface area contributed by atoms with Gasteiger partial charge in [0, 0.05) is 13.1 Å². The lowest BCUT2D eigenvalue weighted by atomic mass is 10.1. The van der Waals surface area contributed by atoms with Crippen molar-refractivity contribution in [3.05, 3.63) is 46.8 Å². The van der Waals surface area contributed by atoms with Crippen LogP contribution in [0.15, 0.2) is 24.3 Å². The number of rotatable bonds is 4. The predicted molar refractivity (Wildman–Crippen MR) is 98.3 cm³/mol. The number of aromatic nitrogens is 2. The molecule has 1 aromatic carbocycles. The Morgan fingerprint density at radius 2 is 1.82 bits per heavy atom. The van der Waals surface area contributed by atoms with Gasteiger partial charge in [-0.25, -0.2) is 9.97 Å². The SMILES string of the molecule is Cc1nc(N2CCOCC2)nc(C)c1NC(=O)Cc1cccc(C(F)(F)F)c1. The molecule has 0 unspecified atom stereocenters. The van der Waals surface area contributed by atoms with Crippen LogP contribution in [0.3, 0.4) is 0 Å². The molecule has 1 aliphatic rings. The van der Waals surface area contributed by atoms with Gasteiger partial charge in [0.15, 0.2) is 0 Å². The maximum atomic E-state index is 12.8. The number of carbonyl (C=O) groups excluding carboxylic acids is 1. The number of carbonyl (C=O) groups is 1. The summed E-state index contributed by atoms with van der Waals surface area (Å²) < 4.78 is 43.8. The number of nitrogens with one attached hydrogen (secondary N) is 1. The van der Waals surface area contributed by atoms with Crippen LogP contribution in [0.2, 0.25) is 0 Å². The smallest absolute Gasteiger partial charge is 0.378 e. The van der Waals surface area contributed by atoms with Crippen molar-refractivity contribution in [2.45, 2.75) is 26.4 Å². The number of hydrogen-bond acceptors (Lipinski definition) is 5. The highest BCUT2D eigenvalue weighted by molar-refractivity contribution is 5.93. The average molecular weight is 394 g/mol. The van der Waals surface area contributed by atoms with Gasteiger partial charge in [-0.3, -0.25) is 4.79 Å². The molecule has 2 aromatic rings. The first-order valence-corrected chi connectivity index (χ1v) is 8.88. The molecule has 1 fully saturated rings. The molecule has 28 heavy (non-hydrogen) atoms. The van der Waals surface area contributed by atoms with E-state index in [0.29, 0.717) is 49.3 Å². The zero-order valence-electron chi connectivity index (χ0n) is 15.6. The lowest BCUT2D eigenvalue weighted by Crippen LogP contribution is -2.37. The van der Waals surface area contributed by atoms with E-state index in [4.69, 9.17) is 4.74 Å². The fraction of sp³-hybridized carbons (Fsp3) is 0.421. The molecule has 6 nitrogen and oxygen atoms in total. The number of amides is 1. The quantitative estimate of drug-likeness (QED) is 0.863. The molecule has 3 rings (SSSR count). The first-order valence-electron chi connectivity index (χ1n) is 8.88. The third kappa shape index (κ3) is 4.78. The fourth-order valence-corrected chi connectivity index (χ4v) is 3.01. The van der Waals surface area contributed by atoms with Crippen LogP contribution in [0.25, 0.3) is 0 Å². The van der Waals surface area contributed by atoms with Crippen molar-refractivity contribution in [1.82, 2.24) is 9.97 Å². The van der Waals surface area contributed by atoms with Gasteiger partial charge in [-0.05, 0) is 25.5 Å². The third-order valence-electron chi connectivity index (χ3n) is 4.44. The summed E-state index contributed by atoms with van der Waals surface area (Å²) in [4.78, 5) is 23.3. The molecule has 1 amide bonds. The minimum absolute atomic E-state index is 0.173. The predicted octanol–water partition coefficient (Wildman–Crippen LogP) is 3.13. The highest BCUT2D eigenvalue weighted by atomic mass is 19.4. The number of benzene rings is 1. The van der Waals surface area contributed by atoms with Gasteiger partial charge in [-0.2, -0.15) is 13.2 Å². The number of anilines is 2. The summed E-state index contributed by atoms with van der Waals surface area (Å²) in [6, 6.07) is 4.75. The maximum Gasteiger partial charge on any atom is 0.416 e. The molecule has 0 radical (unpaired) electrons. The zero-order chi connectivity index (χ0) is 20.3. The molecule has 1 aromatic heterocycles. The first kappa shape index (κ1) is 20.1. The minimum Gasteiger partial charge on any atom is -0.378 e. The Balaban J connectivity index is 1.72. The van der Waals surface area contributed by atoms with Gasteiger partial charge in [0.2, 0.25) is 11.9 Å². The molecule has 0 bridgehead atoms. The average Bonchev–Trinajstić information content (AvgIpc) is 2.65. The number of hydrogen-bond donors (Lipinski definition) is 1. The molecule has 0 spiro atoms. The molecule has 150 valence electrons. The molecule has 1 N–H and O–H groups in total. The van der Waals surface area contributed by atoms with Gasteiger partial charge in [-0.15, -0.1) is 0 Å². The number of ether oxygens (including phenoxy) is 1. The number of nitrogens with zero attached hydrogens (tertiary/aromatic N) is 3. The van der Waals surface area contributed by atoms with Crippen LogP contribution in [0.4, 0.5) is 24.8 Å². The molecular formula is C19H21F3N4O2. The molecule has 0 atom stereocenters. The minimum atomic E-state index is -4.44. The number of alkyl halides is 3. The summed E-state index contributed by atoms with van der Waals surface area (Å²) in [6.07, 6.45) is -4.61. The molecule has 1 aliphatic heterocycles. The van der Waals surface area contributed by atoms with Crippen LogP contribution in [-0.2, 0) is 22.1 Å². The largest absolute Gasteiger partial charge is 0.416 e. The number of halogens is 3. The van der Waals surface area contributed by atoms with Gasteiger partial charge in [0.25, 0.3) is 0 Å². The van der Waals surface area contributed by atoms with E-state index in [1.54, 1.807) is 13.8 Å². The molecule has 2 heterocycles. The Labute approximate surface area is 160 Å². The van der Waals surface area contributed by atoms with Crippen molar-refractivity contribution in [3.63, 3.8) is 0 Å². The van der Waals surface area contributed by atoms with E-state index in [0.717, 1.165) is 12.1 Å². The highest BCUT2D eigenvalue weighted by Crippen LogP contribution is 2.29. The summed E-state index contributed by atoms with van der Waals surface area (Å²) in [5, 5.41) is 2.73. The summed E-state index contributed by atoms with van der Waals surface area (Å²) in [5.41, 5.74) is 1.20. The van der Waals surface area contributed by atoms with Crippen molar-refractivity contribution in [1.29, 1.82) is 0 Å². The summed E-state index contributed by atoms with van der Waals surface area (Å²) in [6.45, 7) is 6.13. The Morgan fingerprint density at radius 1 is 1.18 bits per heavy atom. The topological polar surface area (TPSA) is 67.3 Å². The van der Waals surface area contributed by atoms with Crippen LogP contribution in [0.1, 0.15) is 22.5 Å². The van der Waals surface area contributed by atoms with Crippen LogP contribution in [0.5, 0.6) is 0 Å². The van der Waals surface area contributed by atoms with E-state index in [-0.39, 0.29) is 12.0 Å². The van der Waals surface area contributed by atoms with Crippen molar-refractivity contribution in [3.8, 4) is 0 Å². The molecule has 1 saturated heterocycles. The van der Waals surface area contributed by atoms with E-state index in [9.17, 15) is 18.0 Å². The second-order valence-corrected chi connectivity index (χ2v) is 6.59. The van der Waals surface area contributed by atoms with Crippen molar-refractivity contribution >= 4 is 17.5 Å². The highest BCUT2D eigenvalue weighted by Gasteiger charge is 2.30. The Kier molecular flexibility index (Phi) is 5.83. The van der Waals surface area contributed by atoms with Gasteiger partial charge < -0.3 is 15.0 Å². The number of morpholine rings is 1. The first-order chi connectivity index (χ1) is 13.2. The molecule has 0 saturated carbocycles. The van der Waals surface area contributed by atoms with E-state index in [2.05, 4.69) is 15.3 Å².